The number of carbonyl (C=O) groups excluding carboxylic acids is 1. The molecule has 1 fully saturated rings. The Morgan fingerprint density at radius 2 is 1.86 bits per heavy atom. The number of likely N-dealkylation sites (tertiary alicyclic amines) is 1. The molecular formula is C16H22N2O4. The van der Waals surface area contributed by atoms with Crippen molar-refractivity contribution in [3.05, 3.63) is 24.3 Å². The maximum absolute atomic E-state index is 12.1. The number of rotatable bonds is 6. The molecule has 2 rings (SSSR count). The van der Waals surface area contributed by atoms with Gasteiger partial charge in [0.15, 0.2) is 0 Å². The van der Waals surface area contributed by atoms with Crippen LogP contribution in [0.5, 0.6) is 5.75 Å². The summed E-state index contributed by atoms with van der Waals surface area (Å²) < 4.78 is 5.05. The van der Waals surface area contributed by atoms with E-state index in [1.54, 1.807) is 31.4 Å². The Labute approximate surface area is 130 Å². The van der Waals surface area contributed by atoms with E-state index in [2.05, 4.69) is 5.32 Å². The maximum atomic E-state index is 12.1. The molecule has 0 radical (unpaired) electrons. The lowest BCUT2D eigenvalue weighted by Crippen LogP contribution is -2.45. The number of hydrogen-bond donors (Lipinski definition) is 2. The van der Waals surface area contributed by atoms with Gasteiger partial charge >= 0.3 is 5.97 Å². The van der Waals surface area contributed by atoms with Gasteiger partial charge in [0.05, 0.1) is 13.5 Å². The fraction of sp³-hybridized carbons (Fsp3) is 0.500. The van der Waals surface area contributed by atoms with Crippen LogP contribution in [0, 0.1) is 0 Å². The molecule has 6 heteroatoms. The van der Waals surface area contributed by atoms with Gasteiger partial charge in [-0.25, -0.2) is 0 Å². The van der Waals surface area contributed by atoms with Gasteiger partial charge < -0.3 is 15.2 Å². The molecule has 1 aliphatic heterocycles. The van der Waals surface area contributed by atoms with E-state index >= 15 is 0 Å². The Morgan fingerprint density at radius 3 is 2.41 bits per heavy atom. The molecule has 1 aromatic carbocycles. The predicted octanol–water partition coefficient (Wildman–Crippen LogP) is 1.96. The molecule has 1 heterocycles. The summed E-state index contributed by atoms with van der Waals surface area (Å²) in [6.45, 7) is 1.49. The number of anilines is 1. The Kier molecular flexibility index (Phi) is 5.77. The summed E-state index contributed by atoms with van der Waals surface area (Å²) in [6.07, 6.45) is 3.07. The van der Waals surface area contributed by atoms with E-state index in [-0.39, 0.29) is 12.3 Å². The summed E-state index contributed by atoms with van der Waals surface area (Å²) in [5.41, 5.74) is 0.633. The van der Waals surface area contributed by atoms with Crippen LogP contribution in [-0.4, -0.2) is 48.1 Å². The third-order valence-electron chi connectivity index (χ3n) is 3.87. The normalized spacial score (nSPS) is 16.8. The van der Waals surface area contributed by atoms with E-state index in [4.69, 9.17) is 4.74 Å². The SMILES string of the molecule is COc1ccc(NC(=O)C[C@@H](C(=O)O)N2CCCCC2)cc1. The van der Waals surface area contributed by atoms with E-state index in [1.807, 2.05) is 4.90 Å². The second-order valence-corrected chi connectivity index (χ2v) is 5.43. The fourth-order valence-electron chi connectivity index (χ4n) is 2.66. The molecule has 6 nitrogen and oxygen atoms in total. The minimum Gasteiger partial charge on any atom is -0.497 e. The number of methoxy groups -OCH3 is 1. The number of hydrogen-bond acceptors (Lipinski definition) is 4. The fourth-order valence-corrected chi connectivity index (χ4v) is 2.66. The Bertz CT molecular complexity index is 509. The molecule has 1 saturated heterocycles. The number of carboxylic acid groups (broad SMARTS) is 1. The number of carboxylic acids is 1. The Balaban J connectivity index is 1.93. The highest BCUT2D eigenvalue weighted by Gasteiger charge is 2.29. The van der Waals surface area contributed by atoms with Gasteiger partial charge in [0.1, 0.15) is 11.8 Å². The molecule has 0 bridgehead atoms. The number of aliphatic carboxylic acids is 1. The first kappa shape index (κ1) is 16.3. The van der Waals surface area contributed by atoms with Gasteiger partial charge in [0.2, 0.25) is 5.91 Å². The van der Waals surface area contributed by atoms with Gasteiger partial charge in [-0.05, 0) is 50.2 Å². The summed E-state index contributed by atoms with van der Waals surface area (Å²) in [5, 5.41) is 12.1. The van der Waals surface area contributed by atoms with Crippen LogP contribution in [0.3, 0.4) is 0 Å². The van der Waals surface area contributed by atoms with Gasteiger partial charge in [0, 0.05) is 5.69 Å². The number of amides is 1. The number of nitrogens with one attached hydrogen (secondary N) is 1. The zero-order chi connectivity index (χ0) is 15.9. The summed E-state index contributed by atoms with van der Waals surface area (Å²) in [5.74, 6) is -0.523. The minimum atomic E-state index is -0.938. The van der Waals surface area contributed by atoms with E-state index in [1.165, 1.54) is 0 Å². The molecule has 1 aliphatic rings. The molecule has 0 aliphatic carbocycles. The first-order valence-electron chi connectivity index (χ1n) is 7.51. The van der Waals surface area contributed by atoms with E-state index in [9.17, 15) is 14.7 Å². The van der Waals surface area contributed by atoms with Crippen LogP contribution in [0.1, 0.15) is 25.7 Å². The van der Waals surface area contributed by atoms with E-state index < -0.39 is 12.0 Å². The number of nitrogens with zero attached hydrogens (tertiary/aromatic N) is 1. The second-order valence-electron chi connectivity index (χ2n) is 5.43. The summed E-state index contributed by atoms with van der Waals surface area (Å²) in [7, 11) is 1.57. The Morgan fingerprint density at radius 1 is 1.23 bits per heavy atom. The van der Waals surface area contributed by atoms with Crippen molar-refractivity contribution >= 4 is 17.6 Å². The molecule has 2 N–H and O–H groups in total. The van der Waals surface area contributed by atoms with Crippen molar-refractivity contribution < 1.29 is 19.4 Å². The summed E-state index contributed by atoms with van der Waals surface area (Å²) in [6, 6.07) is 6.20. The molecule has 120 valence electrons. The zero-order valence-corrected chi connectivity index (χ0v) is 12.7. The monoisotopic (exact) mass is 306 g/mol. The lowest BCUT2D eigenvalue weighted by Gasteiger charge is -2.31. The summed E-state index contributed by atoms with van der Waals surface area (Å²) >= 11 is 0. The first-order valence-corrected chi connectivity index (χ1v) is 7.51. The van der Waals surface area contributed by atoms with Crippen LogP contribution in [0.2, 0.25) is 0 Å². The van der Waals surface area contributed by atoms with Crippen molar-refractivity contribution in [3.8, 4) is 5.75 Å². The van der Waals surface area contributed by atoms with Crippen molar-refractivity contribution in [2.75, 3.05) is 25.5 Å². The van der Waals surface area contributed by atoms with E-state index in [0.29, 0.717) is 11.4 Å². The highest BCUT2D eigenvalue weighted by Crippen LogP contribution is 2.17. The lowest BCUT2D eigenvalue weighted by molar-refractivity contribution is -0.145. The zero-order valence-electron chi connectivity index (χ0n) is 12.7. The highest BCUT2D eigenvalue weighted by atomic mass is 16.5. The van der Waals surface area contributed by atoms with Crippen LogP contribution in [-0.2, 0) is 9.59 Å². The van der Waals surface area contributed by atoms with Crippen LogP contribution < -0.4 is 10.1 Å². The first-order chi connectivity index (χ1) is 10.6. The lowest BCUT2D eigenvalue weighted by atomic mass is 10.1. The molecule has 0 spiro atoms. The quantitative estimate of drug-likeness (QED) is 0.840. The summed E-state index contributed by atoms with van der Waals surface area (Å²) in [4.78, 5) is 25.4. The molecule has 0 saturated carbocycles. The average molecular weight is 306 g/mol. The number of benzene rings is 1. The second kappa shape index (κ2) is 7.79. The van der Waals surface area contributed by atoms with Gasteiger partial charge in [0.25, 0.3) is 0 Å². The standard InChI is InChI=1S/C16H22N2O4/c1-22-13-7-5-12(6-8-13)17-15(19)11-14(16(20)21)18-9-3-2-4-10-18/h5-8,14H,2-4,9-11H2,1H3,(H,17,19)(H,20,21)/t14-/m0/s1. The van der Waals surface area contributed by atoms with Crippen molar-refractivity contribution in [1.29, 1.82) is 0 Å². The maximum Gasteiger partial charge on any atom is 0.321 e. The predicted molar refractivity (Wildman–Crippen MR) is 83.1 cm³/mol. The largest absolute Gasteiger partial charge is 0.497 e. The average Bonchev–Trinajstić information content (AvgIpc) is 2.54. The highest BCUT2D eigenvalue weighted by molar-refractivity contribution is 5.94. The number of ether oxygens (including phenoxy) is 1. The molecule has 22 heavy (non-hydrogen) atoms. The molecule has 0 aromatic heterocycles. The molecule has 1 atom stereocenters. The smallest absolute Gasteiger partial charge is 0.321 e. The van der Waals surface area contributed by atoms with Gasteiger partial charge in [-0.2, -0.15) is 0 Å². The van der Waals surface area contributed by atoms with Crippen LogP contribution >= 0.6 is 0 Å². The van der Waals surface area contributed by atoms with Crippen molar-refractivity contribution in [1.82, 2.24) is 4.90 Å². The van der Waals surface area contributed by atoms with Gasteiger partial charge in [-0.15, -0.1) is 0 Å². The molecule has 1 amide bonds. The van der Waals surface area contributed by atoms with Gasteiger partial charge in [-0.1, -0.05) is 6.42 Å². The molecular weight excluding hydrogens is 284 g/mol. The van der Waals surface area contributed by atoms with E-state index in [0.717, 1.165) is 32.4 Å². The number of carbonyl (C=O) groups is 2. The van der Waals surface area contributed by atoms with Crippen molar-refractivity contribution in [2.45, 2.75) is 31.7 Å². The van der Waals surface area contributed by atoms with Crippen LogP contribution in [0.4, 0.5) is 5.69 Å². The van der Waals surface area contributed by atoms with Crippen molar-refractivity contribution in [2.24, 2.45) is 0 Å². The van der Waals surface area contributed by atoms with Crippen LogP contribution in [0.15, 0.2) is 24.3 Å². The molecule has 0 unspecified atom stereocenters. The third kappa shape index (κ3) is 4.46. The van der Waals surface area contributed by atoms with Gasteiger partial charge in [-0.3, -0.25) is 14.5 Å². The topological polar surface area (TPSA) is 78.9 Å². The Hall–Kier alpha value is -2.08. The minimum absolute atomic E-state index is 0.0403. The number of piperidine rings is 1. The van der Waals surface area contributed by atoms with Crippen LogP contribution in [0.25, 0.3) is 0 Å². The third-order valence-corrected chi connectivity index (χ3v) is 3.87. The van der Waals surface area contributed by atoms with Crippen molar-refractivity contribution in [3.63, 3.8) is 0 Å². The molecule has 1 aromatic rings.